The van der Waals surface area contributed by atoms with Gasteiger partial charge >= 0.3 is 0 Å². The summed E-state index contributed by atoms with van der Waals surface area (Å²) in [5, 5.41) is 0. The third kappa shape index (κ3) is 5.66. The van der Waals surface area contributed by atoms with E-state index < -0.39 is 10.0 Å². The third-order valence-corrected chi connectivity index (χ3v) is 6.75. The number of hydrogen-bond acceptors (Lipinski definition) is 6. The number of ether oxygens (including phenoxy) is 2. The molecule has 2 aromatic carbocycles. The number of carbonyl (C=O) groups excluding carboxylic acids is 1. The van der Waals surface area contributed by atoms with E-state index in [0.717, 1.165) is 12.8 Å². The monoisotopic (exact) mass is 481 g/mol. The van der Waals surface area contributed by atoms with Crippen molar-refractivity contribution in [3.8, 4) is 11.6 Å². The van der Waals surface area contributed by atoms with Crippen molar-refractivity contribution in [2.75, 3.05) is 29.1 Å². The number of hydrogen-bond donors (Lipinski definition) is 1. The molecule has 4 rings (SSSR count). The largest absolute Gasteiger partial charge is 0.497 e. The number of nitrogens with zero attached hydrogens (tertiary/aromatic N) is 2. The number of carbonyl (C=O) groups is 1. The maximum atomic E-state index is 13.9. The number of amides is 1. The van der Waals surface area contributed by atoms with Crippen LogP contribution in [0.1, 0.15) is 30.1 Å². The molecule has 178 valence electrons. The van der Waals surface area contributed by atoms with Gasteiger partial charge in [0.1, 0.15) is 11.3 Å². The summed E-state index contributed by atoms with van der Waals surface area (Å²) in [6, 6.07) is 17.1. The Morgan fingerprint density at radius 3 is 2.53 bits per heavy atom. The second-order valence-corrected chi connectivity index (χ2v) is 10.0. The molecule has 8 nitrogen and oxygen atoms in total. The molecule has 0 unspecified atom stereocenters. The second-order valence-electron chi connectivity index (χ2n) is 8.00. The lowest BCUT2D eigenvalue weighted by molar-refractivity contribution is 0.0994. The summed E-state index contributed by atoms with van der Waals surface area (Å²) in [5.74, 6) is 1.03. The normalized spacial score (nSPS) is 13.2. The molecular formula is C25H27N3O5S. The van der Waals surface area contributed by atoms with E-state index in [0.29, 0.717) is 40.9 Å². The number of benzene rings is 2. The number of aromatic nitrogens is 1. The van der Waals surface area contributed by atoms with E-state index in [2.05, 4.69) is 9.71 Å². The molecule has 0 atom stereocenters. The lowest BCUT2D eigenvalue weighted by atomic mass is 10.1. The minimum Gasteiger partial charge on any atom is -0.497 e. The smallest absolute Gasteiger partial charge is 0.268 e. The highest BCUT2D eigenvalue weighted by atomic mass is 32.2. The molecule has 1 saturated carbocycles. The summed E-state index contributed by atoms with van der Waals surface area (Å²) in [5.41, 5.74) is 1.75. The number of sulfonamides is 1. The van der Waals surface area contributed by atoms with Crippen LogP contribution in [0, 0.1) is 5.92 Å². The molecule has 1 aromatic heterocycles. The quantitative estimate of drug-likeness (QED) is 0.454. The summed E-state index contributed by atoms with van der Waals surface area (Å²) >= 11 is 0. The lowest BCUT2D eigenvalue weighted by Gasteiger charge is -2.24. The first kappa shape index (κ1) is 23.6. The van der Waals surface area contributed by atoms with Crippen molar-refractivity contribution in [1.82, 2.24) is 4.98 Å². The van der Waals surface area contributed by atoms with Gasteiger partial charge < -0.3 is 9.47 Å². The molecule has 1 fully saturated rings. The zero-order chi connectivity index (χ0) is 24.1. The van der Waals surface area contributed by atoms with Crippen LogP contribution in [0.4, 0.5) is 17.1 Å². The molecule has 1 aliphatic carbocycles. The van der Waals surface area contributed by atoms with Crippen molar-refractivity contribution in [3.05, 3.63) is 72.4 Å². The minimum absolute atomic E-state index is 0.0598. The van der Waals surface area contributed by atoms with Gasteiger partial charge in [-0.3, -0.25) is 14.4 Å². The van der Waals surface area contributed by atoms with Gasteiger partial charge in [-0.1, -0.05) is 6.07 Å². The molecule has 1 heterocycles. The average Bonchev–Trinajstić information content (AvgIpc) is 3.68. The van der Waals surface area contributed by atoms with Crippen LogP contribution in [-0.2, 0) is 10.0 Å². The summed E-state index contributed by atoms with van der Waals surface area (Å²) in [7, 11) is -1.91. The van der Waals surface area contributed by atoms with Gasteiger partial charge in [0.2, 0.25) is 15.9 Å². The highest BCUT2D eigenvalue weighted by Crippen LogP contribution is 2.34. The van der Waals surface area contributed by atoms with Gasteiger partial charge in [0.05, 0.1) is 30.8 Å². The summed E-state index contributed by atoms with van der Waals surface area (Å²) in [4.78, 5) is 19.7. The van der Waals surface area contributed by atoms with Gasteiger partial charge in [-0.25, -0.2) is 13.4 Å². The Hall–Kier alpha value is -3.59. The molecule has 0 radical (unpaired) electrons. The van der Waals surface area contributed by atoms with Crippen molar-refractivity contribution in [1.29, 1.82) is 0 Å². The average molecular weight is 482 g/mol. The standard InChI is InChI=1S/C25H27N3O5S/c1-3-34(30,31)27-19-6-4-7-21(16-19)28(20-11-13-22(32-2)14-12-20)25(29)23-8-5-15-26-24(23)33-17-18-9-10-18/h4-8,11-16,18,27H,3,9-10,17H2,1-2H3. The third-order valence-electron chi connectivity index (χ3n) is 5.45. The number of anilines is 3. The summed E-state index contributed by atoms with van der Waals surface area (Å²) in [6.07, 6.45) is 3.83. The molecule has 1 N–H and O–H groups in total. The fourth-order valence-electron chi connectivity index (χ4n) is 3.35. The highest BCUT2D eigenvalue weighted by molar-refractivity contribution is 7.92. The van der Waals surface area contributed by atoms with Crippen LogP contribution in [0.2, 0.25) is 0 Å². The van der Waals surface area contributed by atoms with E-state index in [9.17, 15) is 13.2 Å². The molecule has 0 spiro atoms. The lowest BCUT2D eigenvalue weighted by Crippen LogP contribution is -2.27. The summed E-state index contributed by atoms with van der Waals surface area (Å²) < 4.78 is 37.9. The van der Waals surface area contributed by atoms with Crippen molar-refractivity contribution in [2.24, 2.45) is 5.92 Å². The van der Waals surface area contributed by atoms with E-state index in [-0.39, 0.29) is 17.5 Å². The number of rotatable bonds is 10. The van der Waals surface area contributed by atoms with E-state index in [4.69, 9.17) is 9.47 Å². The van der Waals surface area contributed by atoms with Gasteiger partial charge in [0.25, 0.3) is 5.91 Å². The first-order valence-electron chi connectivity index (χ1n) is 11.1. The van der Waals surface area contributed by atoms with Crippen LogP contribution < -0.4 is 19.1 Å². The first-order chi connectivity index (χ1) is 16.4. The first-order valence-corrected chi connectivity index (χ1v) is 12.7. The Morgan fingerprint density at radius 1 is 1.09 bits per heavy atom. The van der Waals surface area contributed by atoms with Gasteiger partial charge in [-0.05, 0) is 80.3 Å². The van der Waals surface area contributed by atoms with Crippen LogP contribution in [-0.4, -0.2) is 38.8 Å². The molecule has 0 saturated heterocycles. The zero-order valence-corrected chi connectivity index (χ0v) is 19.9. The fourth-order valence-corrected chi connectivity index (χ4v) is 3.98. The number of pyridine rings is 1. The molecular weight excluding hydrogens is 454 g/mol. The van der Waals surface area contributed by atoms with Gasteiger partial charge in [0, 0.05) is 11.9 Å². The van der Waals surface area contributed by atoms with Crippen LogP contribution in [0.3, 0.4) is 0 Å². The van der Waals surface area contributed by atoms with Crippen molar-refractivity contribution in [2.45, 2.75) is 19.8 Å². The van der Waals surface area contributed by atoms with E-state index in [1.165, 1.54) is 4.90 Å². The molecule has 3 aromatic rings. The van der Waals surface area contributed by atoms with Crippen LogP contribution in [0.25, 0.3) is 0 Å². The molecule has 1 aliphatic rings. The second kappa shape index (κ2) is 10.1. The van der Waals surface area contributed by atoms with Crippen LogP contribution in [0.5, 0.6) is 11.6 Å². The maximum absolute atomic E-state index is 13.9. The maximum Gasteiger partial charge on any atom is 0.268 e. The molecule has 34 heavy (non-hydrogen) atoms. The van der Waals surface area contributed by atoms with Crippen LogP contribution in [0.15, 0.2) is 66.9 Å². The predicted molar refractivity (Wildman–Crippen MR) is 131 cm³/mol. The zero-order valence-electron chi connectivity index (χ0n) is 19.1. The number of methoxy groups -OCH3 is 1. The van der Waals surface area contributed by atoms with E-state index in [1.807, 2.05) is 0 Å². The Balaban J connectivity index is 1.74. The highest BCUT2D eigenvalue weighted by Gasteiger charge is 2.27. The minimum atomic E-state index is -3.48. The van der Waals surface area contributed by atoms with E-state index in [1.54, 1.807) is 80.9 Å². The molecule has 1 amide bonds. The Kier molecular flexibility index (Phi) is 7.02. The van der Waals surface area contributed by atoms with Gasteiger partial charge in [-0.2, -0.15) is 0 Å². The number of nitrogens with one attached hydrogen (secondary N) is 1. The summed E-state index contributed by atoms with van der Waals surface area (Å²) in [6.45, 7) is 2.08. The van der Waals surface area contributed by atoms with Crippen molar-refractivity contribution in [3.63, 3.8) is 0 Å². The van der Waals surface area contributed by atoms with Crippen molar-refractivity contribution < 1.29 is 22.7 Å². The molecule has 0 bridgehead atoms. The Labute approximate surface area is 199 Å². The predicted octanol–water partition coefficient (Wildman–Crippen LogP) is 4.62. The molecule has 9 heteroatoms. The topological polar surface area (TPSA) is 97.8 Å². The van der Waals surface area contributed by atoms with Gasteiger partial charge in [0.15, 0.2) is 0 Å². The van der Waals surface area contributed by atoms with Crippen molar-refractivity contribution >= 4 is 33.0 Å². The molecule has 0 aliphatic heterocycles. The SMILES string of the molecule is CCS(=O)(=O)Nc1cccc(N(C(=O)c2cccnc2OCC2CC2)c2ccc(OC)cc2)c1. The Bertz CT molecular complexity index is 1260. The van der Waals surface area contributed by atoms with Gasteiger partial charge in [-0.15, -0.1) is 0 Å². The van der Waals surface area contributed by atoms with E-state index >= 15 is 0 Å². The Morgan fingerprint density at radius 2 is 1.85 bits per heavy atom. The van der Waals surface area contributed by atoms with Crippen LogP contribution >= 0.6 is 0 Å². The fraction of sp³-hybridized carbons (Fsp3) is 0.280.